The molecule has 1 fully saturated rings. The van der Waals surface area contributed by atoms with Crippen molar-refractivity contribution in [1.82, 2.24) is 9.29 Å². The van der Waals surface area contributed by atoms with Gasteiger partial charge in [-0.1, -0.05) is 0 Å². The van der Waals surface area contributed by atoms with Crippen molar-refractivity contribution in [3.63, 3.8) is 0 Å². The summed E-state index contributed by atoms with van der Waals surface area (Å²) < 4.78 is 30.8. The van der Waals surface area contributed by atoms with E-state index in [0.717, 1.165) is 4.47 Å². The Labute approximate surface area is 115 Å². The van der Waals surface area contributed by atoms with Crippen LogP contribution in [0.15, 0.2) is 22.8 Å². The van der Waals surface area contributed by atoms with Crippen LogP contribution in [0.1, 0.15) is 12.8 Å². The monoisotopic (exact) mass is 334 g/mol. The maximum absolute atomic E-state index is 11.4. The van der Waals surface area contributed by atoms with Gasteiger partial charge < -0.3 is 4.74 Å². The molecule has 0 unspecified atom stereocenters. The van der Waals surface area contributed by atoms with Crippen LogP contribution in [0, 0.1) is 0 Å². The van der Waals surface area contributed by atoms with Crippen LogP contribution >= 0.6 is 15.9 Å². The number of hydrogen-bond donors (Lipinski definition) is 0. The molecule has 0 aliphatic carbocycles. The summed E-state index contributed by atoms with van der Waals surface area (Å²) in [6.45, 7) is 1.03. The van der Waals surface area contributed by atoms with Crippen molar-refractivity contribution in [2.45, 2.75) is 18.9 Å². The Bertz CT molecular complexity index is 496. The largest absolute Gasteiger partial charge is 0.474 e. The summed E-state index contributed by atoms with van der Waals surface area (Å²) in [5, 5.41) is 0. The Morgan fingerprint density at radius 2 is 2.06 bits per heavy atom. The third-order valence-electron chi connectivity index (χ3n) is 2.86. The fourth-order valence-corrected chi connectivity index (χ4v) is 2.99. The van der Waals surface area contributed by atoms with Crippen LogP contribution in [0.3, 0.4) is 0 Å². The van der Waals surface area contributed by atoms with E-state index in [0.29, 0.717) is 31.8 Å². The minimum atomic E-state index is -3.07. The number of ether oxygens (including phenoxy) is 1. The maximum Gasteiger partial charge on any atom is 0.213 e. The molecule has 0 N–H and O–H groups in total. The van der Waals surface area contributed by atoms with Crippen molar-refractivity contribution in [2.75, 3.05) is 19.3 Å². The van der Waals surface area contributed by atoms with Gasteiger partial charge in [0.15, 0.2) is 0 Å². The molecule has 0 bridgehead atoms. The molecule has 2 heterocycles. The SMILES string of the molecule is CS(=O)(=O)N1CCC(Oc2ccc(Br)cn2)CC1. The third-order valence-corrected chi connectivity index (χ3v) is 4.63. The Kier molecular flexibility index (Phi) is 4.24. The molecule has 0 aromatic carbocycles. The van der Waals surface area contributed by atoms with Crippen molar-refractivity contribution in [2.24, 2.45) is 0 Å². The zero-order valence-electron chi connectivity index (χ0n) is 10.0. The molecule has 1 aliphatic rings. The molecule has 0 saturated carbocycles. The van der Waals surface area contributed by atoms with Gasteiger partial charge in [0.05, 0.1) is 6.26 Å². The number of sulfonamides is 1. The third kappa shape index (κ3) is 3.66. The van der Waals surface area contributed by atoms with Crippen LogP contribution in [0.2, 0.25) is 0 Å². The van der Waals surface area contributed by atoms with Gasteiger partial charge in [0.1, 0.15) is 6.10 Å². The minimum Gasteiger partial charge on any atom is -0.474 e. The second-order valence-corrected chi connectivity index (χ2v) is 7.19. The number of hydrogen-bond acceptors (Lipinski definition) is 4. The van der Waals surface area contributed by atoms with Crippen LogP contribution in [0.25, 0.3) is 0 Å². The van der Waals surface area contributed by atoms with E-state index in [9.17, 15) is 8.42 Å². The van der Waals surface area contributed by atoms with Crippen molar-refractivity contribution in [1.29, 1.82) is 0 Å². The molecule has 0 radical (unpaired) electrons. The van der Waals surface area contributed by atoms with Crippen molar-refractivity contribution in [3.05, 3.63) is 22.8 Å². The average Bonchev–Trinajstić information content (AvgIpc) is 2.32. The van der Waals surface area contributed by atoms with Gasteiger partial charge in [-0.15, -0.1) is 0 Å². The highest BCUT2D eigenvalue weighted by molar-refractivity contribution is 9.10. The van der Waals surface area contributed by atoms with Gasteiger partial charge in [-0.25, -0.2) is 17.7 Å². The van der Waals surface area contributed by atoms with Crippen molar-refractivity contribution in [3.8, 4) is 5.88 Å². The summed E-state index contributed by atoms with van der Waals surface area (Å²) in [4.78, 5) is 4.14. The predicted octanol–water partition coefficient (Wildman–Crippen LogP) is 1.65. The maximum atomic E-state index is 11.4. The van der Waals surface area contributed by atoms with Crippen LogP contribution in [0.4, 0.5) is 0 Å². The van der Waals surface area contributed by atoms with E-state index < -0.39 is 10.0 Å². The van der Waals surface area contributed by atoms with Gasteiger partial charge in [-0.3, -0.25) is 0 Å². The van der Waals surface area contributed by atoms with Crippen LogP contribution in [-0.4, -0.2) is 43.2 Å². The van der Waals surface area contributed by atoms with Crippen LogP contribution in [-0.2, 0) is 10.0 Å². The number of aromatic nitrogens is 1. The summed E-state index contributed by atoms with van der Waals surface area (Å²) in [5.41, 5.74) is 0. The van der Waals surface area contributed by atoms with Crippen LogP contribution in [0.5, 0.6) is 5.88 Å². The molecule has 7 heteroatoms. The Morgan fingerprint density at radius 1 is 1.39 bits per heavy atom. The standard InChI is InChI=1S/C11H15BrN2O3S/c1-18(15,16)14-6-4-10(5-7-14)17-11-3-2-9(12)8-13-11/h2-3,8,10H,4-7H2,1H3. The van der Waals surface area contributed by atoms with Gasteiger partial charge in [-0.05, 0) is 34.8 Å². The minimum absolute atomic E-state index is 0.0386. The zero-order valence-corrected chi connectivity index (χ0v) is 12.4. The lowest BCUT2D eigenvalue weighted by atomic mass is 10.1. The number of rotatable bonds is 3. The van der Waals surface area contributed by atoms with Gasteiger partial charge in [0, 0.05) is 29.8 Å². The first-order chi connectivity index (χ1) is 8.45. The quantitative estimate of drug-likeness (QED) is 0.843. The van der Waals surface area contributed by atoms with Crippen LogP contribution < -0.4 is 4.74 Å². The van der Waals surface area contributed by atoms with Gasteiger partial charge in [0.2, 0.25) is 15.9 Å². The lowest BCUT2D eigenvalue weighted by Gasteiger charge is -2.30. The van der Waals surface area contributed by atoms with E-state index in [4.69, 9.17) is 4.74 Å². The Hall–Kier alpha value is -0.660. The fourth-order valence-electron chi connectivity index (χ4n) is 1.88. The first kappa shape index (κ1) is 13.8. The van der Waals surface area contributed by atoms with E-state index in [-0.39, 0.29) is 6.10 Å². The molecule has 0 atom stereocenters. The van der Waals surface area contributed by atoms with Gasteiger partial charge in [-0.2, -0.15) is 0 Å². The first-order valence-electron chi connectivity index (χ1n) is 5.68. The first-order valence-corrected chi connectivity index (χ1v) is 8.32. The second-order valence-electron chi connectivity index (χ2n) is 4.29. The topological polar surface area (TPSA) is 59.5 Å². The number of halogens is 1. The average molecular weight is 335 g/mol. The molecular formula is C11H15BrN2O3S. The van der Waals surface area contributed by atoms with Crippen molar-refractivity contribution < 1.29 is 13.2 Å². The highest BCUT2D eigenvalue weighted by atomic mass is 79.9. The molecule has 2 rings (SSSR count). The van der Waals surface area contributed by atoms with Gasteiger partial charge >= 0.3 is 0 Å². The molecule has 100 valence electrons. The molecule has 0 amide bonds. The van der Waals surface area contributed by atoms with E-state index in [1.165, 1.54) is 10.6 Å². The second kappa shape index (κ2) is 5.54. The molecule has 1 aliphatic heterocycles. The lowest BCUT2D eigenvalue weighted by molar-refractivity contribution is 0.130. The summed E-state index contributed by atoms with van der Waals surface area (Å²) in [7, 11) is -3.07. The summed E-state index contributed by atoms with van der Waals surface area (Å²) in [6.07, 6.45) is 4.36. The lowest BCUT2D eigenvalue weighted by Crippen LogP contribution is -2.41. The van der Waals surface area contributed by atoms with E-state index >= 15 is 0 Å². The van der Waals surface area contributed by atoms with E-state index in [1.807, 2.05) is 6.07 Å². The number of piperidine rings is 1. The summed E-state index contributed by atoms with van der Waals surface area (Å²) in [6, 6.07) is 3.67. The summed E-state index contributed by atoms with van der Waals surface area (Å²) >= 11 is 3.31. The molecule has 5 nitrogen and oxygen atoms in total. The predicted molar refractivity (Wildman–Crippen MR) is 72.0 cm³/mol. The molecule has 1 aromatic rings. The normalized spacial score (nSPS) is 18.8. The number of nitrogens with zero attached hydrogens (tertiary/aromatic N) is 2. The summed E-state index contributed by atoms with van der Waals surface area (Å²) in [5.74, 6) is 0.580. The molecule has 18 heavy (non-hydrogen) atoms. The molecule has 0 spiro atoms. The molecule has 1 aromatic heterocycles. The molecular weight excluding hydrogens is 320 g/mol. The van der Waals surface area contributed by atoms with E-state index in [1.54, 1.807) is 12.3 Å². The zero-order chi connectivity index (χ0) is 13.2. The highest BCUT2D eigenvalue weighted by Crippen LogP contribution is 2.19. The smallest absolute Gasteiger partial charge is 0.213 e. The molecule has 1 saturated heterocycles. The number of pyridine rings is 1. The Morgan fingerprint density at radius 3 is 2.56 bits per heavy atom. The van der Waals surface area contributed by atoms with Crippen molar-refractivity contribution >= 4 is 26.0 Å². The fraction of sp³-hybridized carbons (Fsp3) is 0.545. The van der Waals surface area contributed by atoms with Gasteiger partial charge in [0.25, 0.3) is 0 Å². The Balaban J connectivity index is 1.89. The van der Waals surface area contributed by atoms with E-state index in [2.05, 4.69) is 20.9 Å². The highest BCUT2D eigenvalue weighted by Gasteiger charge is 2.25.